The van der Waals surface area contributed by atoms with E-state index in [2.05, 4.69) is 39.7 Å². The lowest BCUT2D eigenvalue weighted by molar-refractivity contribution is 0.258. The van der Waals surface area contributed by atoms with E-state index in [1.165, 1.54) is 19.4 Å². The second-order valence-corrected chi connectivity index (χ2v) is 7.60. The molecule has 25 heavy (non-hydrogen) atoms. The van der Waals surface area contributed by atoms with Crippen molar-refractivity contribution >= 4 is 59.0 Å². The number of furan rings is 1. The summed E-state index contributed by atoms with van der Waals surface area (Å²) in [5.74, 6) is 1.79. The maximum Gasteiger partial charge on any atom is 0.135 e. The molecule has 0 spiro atoms. The predicted octanol–water partition coefficient (Wildman–Crippen LogP) is 5.62. The number of likely N-dealkylation sites (tertiary alicyclic amines) is 1. The van der Waals surface area contributed by atoms with Crippen molar-refractivity contribution in [2.75, 3.05) is 19.6 Å². The summed E-state index contributed by atoms with van der Waals surface area (Å²) in [5.41, 5.74) is 0.950. The molecule has 2 aromatic rings. The number of nitrogens with one attached hydrogen (secondary N) is 1. The van der Waals surface area contributed by atoms with Crippen molar-refractivity contribution in [3.05, 3.63) is 44.7 Å². The van der Waals surface area contributed by atoms with Crippen LogP contribution in [0.3, 0.4) is 0 Å². The standard InChI is InChI=1S/C18H22ClIN2O.2ClH/c1-2-22-9-3-4-14(22)11-21-12-15-6-8-18(23-15)16-7-5-13(20)10-17(16)19;;/h5-8,10,14,21H,2-4,9,11-12H2,1H3;2*1H. The van der Waals surface area contributed by atoms with E-state index >= 15 is 0 Å². The molecule has 3 rings (SSSR count). The molecule has 0 saturated carbocycles. The van der Waals surface area contributed by atoms with Gasteiger partial charge in [-0.3, -0.25) is 4.90 Å². The van der Waals surface area contributed by atoms with E-state index in [0.29, 0.717) is 6.04 Å². The summed E-state index contributed by atoms with van der Waals surface area (Å²) < 4.78 is 7.07. The van der Waals surface area contributed by atoms with Gasteiger partial charge in [-0.15, -0.1) is 24.8 Å². The Kier molecular flexibility index (Phi) is 10.1. The molecule has 0 bridgehead atoms. The number of likely N-dealkylation sites (N-methyl/N-ethyl adjacent to an activating group) is 1. The second kappa shape index (κ2) is 11.0. The minimum atomic E-state index is 0. The molecule has 1 unspecified atom stereocenters. The molecule has 1 aliphatic heterocycles. The van der Waals surface area contributed by atoms with Crippen LogP contribution in [0.25, 0.3) is 11.3 Å². The van der Waals surface area contributed by atoms with E-state index in [0.717, 1.165) is 45.3 Å². The van der Waals surface area contributed by atoms with Crippen LogP contribution in [0.5, 0.6) is 0 Å². The van der Waals surface area contributed by atoms with Crippen molar-refractivity contribution in [2.45, 2.75) is 32.4 Å². The first kappa shape index (κ1) is 23.1. The van der Waals surface area contributed by atoms with Gasteiger partial charge in [-0.25, -0.2) is 0 Å². The van der Waals surface area contributed by atoms with E-state index in [1.807, 2.05) is 30.3 Å². The van der Waals surface area contributed by atoms with Gasteiger partial charge < -0.3 is 9.73 Å². The number of nitrogens with zero attached hydrogens (tertiary/aromatic N) is 1. The van der Waals surface area contributed by atoms with Crippen LogP contribution in [-0.4, -0.2) is 30.6 Å². The molecule has 1 N–H and O–H groups in total. The highest BCUT2D eigenvalue weighted by Crippen LogP contribution is 2.30. The third-order valence-corrected chi connectivity index (χ3v) is 5.43. The SMILES string of the molecule is CCN1CCCC1CNCc1ccc(-c2ccc(I)cc2Cl)o1.Cl.Cl. The van der Waals surface area contributed by atoms with Crippen LogP contribution >= 0.6 is 59.0 Å². The van der Waals surface area contributed by atoms with Gasteiger partial charge in [0.05, 0.1) is 11.6 Å². The highest BCUT2D eigenvalue weighted by Gasteiger charge is 2.22. The quantitative estimate of drug-likeness (QED) is 0.504. The van der Waals surface area contributed by atoms with Gasteiger partial charge >= 0.3 is 0 Å². The number of benzene rings is 1. The highest BCUT2D eigenvalue weighted by atomic mass is 127. The van der Waals surface area contributed by atoms with Crippen LogP contribution in [0.2, 0.25) is 5.02 Å². The molecule has 1 fully saturated rings. The summed E-state index contributed by atoms with van der Waals surface area (Å²) in [6.45, 7) is 6.40. The van der Waals surface area contributed by atoms with Crippen molar-refractivity contribution in [1.29, 1.82) is 0 Å². The molecule has 7 heteroatoms. The fourth-order valence-electron chi connectivity index (χ4n) is 3.21. The lowest BCUT2D eigenvalue weighted by atomic mass is 10.2. The van der Waals surface area contributed by atoms with Crippen LogP contribution < -0.4 is 5.32 Å². The summed E-state index contributed by atoms with van der Waals surface area (Å²) in [7, 11) is 0. The molecular formula is C18H24Cl3IN2O. The Morgan fingerprint density at radius 2 is 2.08 bits per heavy atom. The highest BCUT2D eigenvalue weighted by molar-refractivity contribution is 14.1. The minimum Gasteiger partial charge on any atom is -0.460 e. The van der Waals surface area contributed by atoms with Gasteiger partial charge in [-0.2, -0.15) is 0 Å². The number of rotatable bonds is 6. The molecule has 2 heterocycles. The molecule has 1 aliphatic rings. The molecule has 3 nitrogen and oxygen atoms in total. The van der Waals surface area contributed by atoms with Gasteiger partial charge in [0, 0.05) is 21.7 Å². The summed E-state index contributed by atoms with van der Waals surface area (Å²) in [5, 5.41) is 4.26. The topological polar surface area (TPSA) is 28.4 Å². The summed E-state index contributed by atoms with van der Waals surface area (Å²) >= 11 is 8.57. The fourth-order valence-corrected chi connectivity index (χ4v) is 4.16. The average molecular weight is 518 g/mol. The molecule has 1 aromatic heterocycles. The minimum absolute atomic E-state index is 0. The van der Waals surface area contributed by atoms with E-state index in [1.54, 1.807) is 0 Å². The van der Waals surface area contributed by atoms with Crippen LogP contribution in [0.15, 0.2) is 34.7 Å². The van der Waals surface area contributed by atoms with Crippen molar-refractivity contribution < 1.29 is 4.42 Å². The van der Waals surface area contributed by atoms with Gasteiger partial charge in [0.1, 0.15) is 11.5 Å². The molecule has 0 aliphatic carbocycles. The maximum atomic E-state index is 6.31. The molecule has 0 amide bonds. The molecular weight excluding hydrogens is 493 g/mol. The Hall–Kier alpha value is 0.0200. The van der Waals surface area contributed by atoms with Crippen LogP contribution in [0, 0.1) is 3.57 Å². The summed E-state index contributed by atoms with van der Waals surface area (Å²) in [6.07, 6.45) is 2.61. The van der Waals surface area contributed by atoms with Gasteiger partial charge in [0.15, 0.2) is 0 Å². The zero-order chi connectivity index (χ0) is 16.2. The van der Waals surface area contributed by atoms with Gasteiger partial charge in [0.2, 0.25) is 0 Å². The van der Waals surface area contributed by atoms with E-state index in [9.17, 15) is 0 Å². The molecule has 1 aromatic carbocycles. The average Bonchev–Trinajstić information content (AvgIpc) is 3.16. The summed E-state index contributed by atoms with van der Waals surface area (Å²) in [6, 6.07) is 10.7. The zero-order valence-corrected chi connectivity index (χ0v) is 18.7. The van der Waals surface area contributed by atoms with Crippen molar-refractivity contribution in [2.24, 2.45) is 0 Å². The monoisotopic (exact) mass is 516 g/mol. The first-order chi connectivity index (χ1) is 11.2. The van der Waals surface area contributed by atoms with E-state index in [-0.39, 0.29) is 24.8 Å². The van der Waals surface area contributed by atoms with Crippen LogP contribution in [0.1, 0.15) is 25.5 Å². The van der Waals surface area contributed by atoms with Gasteiger partial charge in [-0.05, 0) is 78.9 Å². The Bertz CT molecular complexity index is 666. The van der Waals surface area contributed by atoms with Crippen molar-refractivity contribution in [1.82, 2.24) is 10.2 Å². The molecule has 1 saturated heterocycles. The summed E-state index contributed by atoms with van der Waals surface area (Å²) in [4.78, 5) is 2.55. The second-order valence-electron chi connectivity index (χ2n) is 5.95. The van der Waals surface area contributed by atoms with Gasteiger partial charge in [-0.1, -0.05) is 18.5 Å². The normalized spacial score (nSPS) is 17.2. The van der Waals surface area contributed by atoms with Crippen LogP contribution in [0.4, 0.5) is 0 Å². The number of hydrogen-bond donors (Lipinski definition) is 1. The third kappa shape index (κ3) is 6.01. The number of hydrogen-bond acceptors (Lipinski definition) is 3. The lowest BCUT2D eigenvalue weighted by Gasteiger charge is -2.22. The Labute approximate surface area is 180 Å². The Balaban J connectivity index is 0.00000156. The van der Waals surface area contributed by atoms with Crippen LogP contribution in [-0.2, 0) is 6.54 Å². The van der Waals surface area contributed by atoms with Gasteiger partial charge in [0.25, 0.3) is 0 Å². The van der Waals surface area contributed by atoms with Crippen molar-refractivity contribution in [3.63, 3.8) is 0 Å². The van der Waals surface area contributed by atoms with E-state index < -0.39 is 0 Å². The number of halogens is 4. The first-order valence-corrected chi connectivity index (χ1v) is 9.62. The fraction of sp³-hybridized carbons (Fsp3) is 0.444. The largest absolute Gasteiger partial charge is 0.460 e. The Morgan fingerprint density at radius 1 is 1.28 bits per heavy atom. The molecule has 1 atom stereocenters. The smallest absolute Gasteiger partial charge is 0.135 e. The van der Waals surface area contributed by atoms with E-state index in [4.69, 9.17) is 16.0 Å². The predicted molar refractivity (Wildman–Crippen MR) is 118 cm³/mol. The first-order valence-electron chi connectivity index (χ1n) is 8.16. The zero-order valence-electron chi connectivity index (χ0n) is 14.1. The molecule has 140 valence electrons. The Morgan fingerprint density at radius 3 is 2.80 bits per heavy atom. The maximum absolute atomic E-state index is 6.31. The third-order valence-electron chi connectivity index (χ3n) is 4.44. The lowest BCUT2D eigenvalue weighted by Crippen LogP contribution is -2.37. The molecule has 0 radical (unpaired) electrons. The van der Waals surface area contributed by atoms with Crippen molar-refractivity contribution in [3.8, 4) is 11.3 Å².